The SMILES string of the molecule is O=C(Cc1ccncc1)Cc1cccc(C(F)(F)F)c1. The van der Waals surface area contributed by atoms with Crippen molar-refractivity contribution in [2.45, 2.75) is 19.0 Å². The summed E-state index contributed by atoms with van der Waals surface area (Å²) in [4.78, 5) is 15.7. The number of halogens is 3. The summed E-state index contributed by atoms with van der Waals surface area (Å²) < 4.78 is 37.7. The van der Waals surface area contributed by atoms with Crippen LogP contribution in [0.2, 0.25) is 0 Å². The van der Waals surface area contributed by atoms with Gasteiger partial charge in [-0.2, -0.15) is 13.2 Å². The molecule has 0 saturated heterocycles. The van der Waals surface area contributed by atoms with E-state index in [1.807, 2.05) is 0 Å². The van der Waals surface area contributed by atoms with E-state index in [0.717, 1.165) is 17.7 Å². The first-order valence-corrected chi connectivity index (χ1v) is 6.02. The number of benzene rings is 1. The molecule has 0 aliphatic rings. The number of nitrogens with zero attached hydrogens (tertiary/aromatic N) is 1. The van der Waals surface area contributed by atoms with E-state index in [0.29, 0.717) is 5.56 Å². The maximum Gasteiger partial charge on any atom is 0.416 e. The van der Waals surface area contributed by atoms with Crippen LogP contribution in [0.15, 0.2) is 48.8 Å². The maximum absolute atomic E-state index is 12.6. The Morgan fingerprint density at radius 2 is 1.65 bits per heavy atom. The van der Waals surface area contributed by atoms with E-state index in [-0.39, 0.29) is 18.6 Å². The predicted molar refractivity (Wildman–Crippen MR) is 68.1 cm³/mol. The molecule has 0 fully saturated rings. The van der Waals surface area contributed by atoms with Crippen LogP contribution in [0.5, 0.6) is 0 Å². The summed E-state index contributed by atoms with van der Waals surface area (Å²) in [5.41, 5.74) is 0.447. The Bertz CT molecular complexity index is 594. The molecule has 0 aliphatic carbocycles. The summed E-state index contributed by atoms with van der Waals surface area (Å²) in [5, 5.41) is 0. The van der Waals surface area contributed by atoms with Crippen LogP contribution >= 0.6 is 0 Å². The molecule has 2 nitrogen and oxygen atoms in total. The minimum atomic E-state index is -4.38. The number of carbonyl (C=O) groups is 1. The molecule has 1 aromatic carbocycles. The van der Waals surface area contributed by atoms with Crippen molar-refractivity contribution in [3.63, 3.8) is 0 Å². The van der Waals surface area contributed by atoms with Crippen LogP contribution in [0.1, 0.15) is 16.7 Å². The number of hydrogen-bond donors (Lipinski definition) is 0. The van der Waals surface area contributed by atoms with Crippen molar-refractivity contribution in [3.8, 4) is 0 Å². The van der Waals surface area contributed by atoms with Crippen molar-refractivity contribution in [3.05, 3.63) is 65.5 Å². The van der Waals surface area contributed by atoms with Gasteiger partial charge in [0.2, 0.25) is 0 Å². The fourth-order valence-electron chi connectivity index (χ4n) is 1.88. The van der Waals surface area contributed by atoms with E-state index in [1.54, 1.807) is 24.5 Å². The lowest BCUT2D eigenvalue weighted by atomic mass is 10.0. The maximum atomic E-state index is 12.6. The van der Waals surface area contributed by atoms with Crippen LogP contribution in [0.4, 0.5) is 13.2 Å². The molecule has 1 aromatic heterocycles. The summed E-state index contributed by atoms with van der Waals surface area (Å²) in [6, 6.07) is 8.28. The van der Waals surface area contributed by atoms with E-state index < -0.39 is 11.7 Å². The van der Waals surface area contributed by atoms with E-state index in [1.165, 1.54) is 12.1 Å². The first-order chi connectivity index (χ1) is 9.45. The van der Waals surface area contributed by atoms with Crippen LogP contribution in [-0.4, -0.2) is 10.8 Å². The van der Waals surface area contributed by atoms with Crippen molar-refractivity contribution in [1.29, 1.82) is 0 Å². The number of carbonyl (C=O) groups excluding carboxylic acids is 1. The fourth-order valence-corrected chi connectivity index (χ4v) is 1.88. The summed E-state index contributed by atoms with van der Waals surface area (Å²) in [5.74, 6) is -0.129. The second kappa shape index (κ2) is 5.86. The number of hydrogen-bond acceptors (Lipinski definition) is 2. The molecule has 0 amide bonds. The van der Waals surface area contributed by atoms with Gasteiger partial charge in [0.25, 0.3) is 0 Å². The molecule has 0 N–H and O–H groups in total. The highest BCUT2D eigenvalue weighted by atomic mass is 19.4. The molecule has 0 saturated carbocycles. The Balaban J connectivity index is 2.05. The largest absolute Gasteiger partial charge is 0.416 e. The Kier molecular flexibility index (Phi) is 4.17. The third-order valence-corrected chi connectivity index (χ3v) is 2.81. The molecule has 0 bridgehead atoms. The number of pyridine rings is 1. The molecule has 0 radical (unpaired) electrons. The Morgan fingerprint density at radius 1 is 1.00 bits per heavy atom. The molecule has 20 heavy (non-hydrogen) atoms. The molecule has 0 atom stereocenters. The topological polar surface area (TPSA) is 30.0 Å². The summed E-state index contributed by atoms with van der Waals surface area (Å²) in [6.07, 6.45) is -1.05. The zero-order chi connectivity index (χ0) is 14.6. The molecular weight excluding hydrogens is 267 g/mol. The molecule has 2 aromatic rings. The zero-order valence-electron chi connectivity index (χ0n) is 10.5. The van der Waals surface area contributed by atoms with E-state index in [2.05, 4.69) is 4.98 Å². The molecule has 0 unspecified atom stereocenters. The molecule has 0 aliphatic heterocycles. The summed E-state index contributed by atoms with van der Waals surface area (Å²) in [7, 11) is 0. The van der Waals surface area contributed by atoms with Gasteiger partial charge in [-0.05, 0) is 29.3 Å². The second-order valence-corrected chi connectivity index (χ2v) is 4.45. The van der Waals surface area contributed by atoms with Gasteiger partial charge in [-0.15, -0.1) is 0 Å². The average Bonchev–Trinajstić information content (AvgIpc) is 2.39. The second-order valence-electron chi connectivity index (χ2n) is 4.45. The lowest BCUT2D eigenvalue weighted by Crippen LogP contribution is -2.09. The monoisotopic (exact) mass is 279 g/mol. The van der Waals surface area contributed by atoms with Gasteiger partial charge in [0.15, 0.2) is 0 Å². The Hall–Kier alpha value is -2.17. The number of ketones is 1. The van der Waals surface area contributed by atoms with Crippen LogP contribution in [0.3, 0.4) is 0 Å². The average molecular weight is 279 g/mol. The normalized spacial score (nSPS) is 11.3. The smallest absolute Gasteiger partial charge is 0.299 e. The van der Waals surface area contributed by atoms with Gasteiger partial charge in [0.05, 0.1) is 5.56 Å². The quantitative estimate of drug-likeness (QED) is 0.858. The van der Waals surface area contributed by atoms with E-state index >= 15 is 0 Å². The van der Waals surface area contributed by atoms with Crippen LogP contribution in [0.25, 0.3) is 0 Å². The summed E-state index contributed by atoms with van der Waals surface area (Å²) in [6.45, 7) is 0. The molecule has 0 spiro atoms. The van der Waals surface area contributed by atoms with Crippen molar-refractivity contribution in [2.24, 2.45) is 0 Å². The van der Waals surface area contributed by atoms with Gasteiger partial charge >= 0.3 is 6.18 Å². The van der Waals surface area contributed by atoms with Crippen molar-refractivity contribution < 1.29 is 18.0 Å². The minimum absolute atomic E-state index is 0.00770. The number of alkyl halides is 3. The van der Waals surface area contributed by atoms with Crippen LogP contribution in [0, 0.1) is 0 Å². The third kappa shape index (κ3) is 3.91. The highest BCUT2D eigenvalue weighted by Crippen LogP contribution is 2.29. The molecule has 1 heterocycles. The first-order valence-electron chi connectivity index (χ1n) is 6.02. The van der Waals surface area contributed by atoms with Gasteiger partial charge < -0.3 is 0 Å². The first kappa shape index (κ1) is 14.2. The standard InChI is InChI=1S/C15H12F3NO/c16-15(17,18)13-3-1-2-12(8-13)10-14(20)9-11-4-6-19-7-5-11/h1-8H,9-10H2. The third-order valence-electron chi connectivity index (χ3n) is 2.81. The molecular formula is C15H12F3NO. The van der Waals surface area contributed by atoms with Gasteiger partial charge in [-0.25, -0.2) is 0 Å². The van der Waals surface area contributed by atoms with Crippen LogP contribution in [-0.2, 0) is 23.8 Å². The van der Waals surface area contributed by atoms with Gasteiger partial charge in [0.1, 0.15) is 5.78 Å². The number of rotatable bonds is 4. The summed E-state index contributed by atoms with van der Waals surface area (Å²) >= 11 is 0. The number of aromatic nitrogens is 1. The number of Topliss-reactive ketones (excluding diaryl/α,β-unsaturated/α-hetero) is 1. The highest BCUT2D eigenvalue weighted by Gasteiger charge is 2.30. The van der Waals surface area contributed by atoms with Crippen molar-refractivity contribution in [2.75, 3.05) is 0 Å². The van der Waals surface area contributed by atoms with Gasteiger partial charge in [-0.1, -0.05) is 18.2 Å². The van der Waals surface area contributed by atoms with Gasteiger partial charge in [0, 0.05) is 25.2 Å². The molecule has 104 valence electrons. The Morgan fingerprint density at radius 3 is 2.30 bits per heavy atom. The molecule has 2 rings (SSSR count). The van der Waals surface area contributed by atoms with Crippen LogP contribution < -0.4 is 0 Å². The van der Waals surface area contributed by atoms with Crippen molar-refractivity contribution in [1.82, 2.24) is 4.98 Å². The fraction of sp³-hybridized carbons (Fsp3) is 0.200. The van der Waals surface area contributed by atoms with Crippen molar-refractivity contribution >= 4 is 5.78 Å². The molecule has 5 heteroatoms. The predicted octanol–water partition coefficient (Wildman–Crippen LogP) is 3.45. The lowest BCUT2D eigenvalue weighted by molar-refractivity contribution is -0.137. The lowest BCUT2D eigenvalue weighted by Gasteiger charge is -2.08. The van der Waals surface area contributed by atoms with E-state index in [4.69, 9.17) is 0 Å². The van der Waals surface area contributed by atoms with Gasteiger partial charge in [-0.3, -0.25) is 9.78 Å². The highest BCUT2D eigenvalue weighted by molar-refractivity contribution is 5.83. The Labute approximate surface area is 114 Å². The minimum Gasteiger partial charge on any atom is -0.299 e. The zero-order valence-corrected chi connectivity index (χ0v) is 10.5. The van der Waals surface area contributed by atoms with E-state index in [9.17, 15) is 18.0 Å².